The second kappa shape index (κ2) is 3.65. The van der Waals surface area contributed by atoms with Crippen molar-refractivity contribution in [1.82, 2.24) is 0 Å². The summed E-state index contributed by atoms with van der Waals surface area (Å²) < 4.78 is 0. The minimum Gasteiger partial charge on any atom is -0.300 e. The second-order valence-electron chi connectivity index (χ2n) is 4.46. The lowest BCUT2D eigenvalue weighted by Gasteiger charge is -2.29. The van der Waals surface area contributed by atoms with Crippen molar-refractivity contribution in [3.63, 3.8) is 0 Å². The molecule has 0 aromatic heterocycles. The van der Waals surface area contributed by atoms with Crippen molar-refractivity contribution in [2.75, 3.05) is 0 Å². The number of allylic oxidation sites excluding steroid dienone is 2. The third kappa shape index (κ3) is 1.84. The molecular formula is C12H18O. The van der Waals surface area contributed by atoms with E-state index < -0.39 is 0 Å². The molecule has 0 saturated carbocycles. The topological polar surface area (TPSA) is 17.1 Å². The van der Waals surface area contributed by atoms with Crippen molar-refractivity contribution in [3.8, 4) is 0 Å². The van der Waals surface area contributed by atoms with Crippen LogP contribution in [0.25, 0.3) is 0 Å². The van der Waals surface area contributed by atoms with Gasteiger partial charge in [-0.1, -0.05) is 11.1 Å². The van der Waals surface area contributed by atoms with Gasteiger partial charge in [0.25, 0.3) is 0 Å². The fraction of sp³-hybridized carbons (Fsp3) is 0.750. The highest BCUT2D eigenvalue weighted by Crippen LogP contribution is 2.38. The molecule has 0 aromatic rings. The molecule has 2 rings (SSSR count). The van der Waals surface area contributed by atoms with Crippen LogP contribution in [0.2, 0.25) is 0 Å². The summed E-state index contributed by atoms with van der Waals surface area (Å²) >= 11 is 0. The molecule has 72 valence electrons. The highest BCUT2D eigenvalue weighted by Gasteiger charge is 2.24. The molecule has 2 aliphatic rings. The van der Waals surface area contributed by atoms with Gasteiger partial charge in [0, 0.05) is 5.92 Å². The Morgan fingerprint density at radius 3 is 2.54 bits per heavy atom. The number of carbonyl (C=O) groups excluding carboxylic acids is 1. The average Bonchev–Trinajstić information content (AvgIpc) is 2.17. The minimum atomic E-state index is 0.358. The number of Topliss-reactive ketones (excluding diaryl/α,β-unsaturated/α-hetero) is 1. The molecule has 0 fully saturated rings. The Labute approximate surface area is 80.2 Å². The number of hydrogen-bond donors (Lipinski definition) is 0. The molecule has 0 spiro atoms. The van der Waals surface area contributed by atoms with Crippen LogP contribution in [0.4, 0.5) is 0 Å². The van der Waals surface area contributed by atoms with Crippen LogP contribution in [0.3, 0.4) is 0 Å². The summed E-state index contributed by atoms with van der Waals surface area (Å²) in [4.78, 5) is 11.3. The maximum Gasteiger partial charge on any atom is 0.133 e. The van der Waals surface area contributed by atoms with E-state index in [1.807, 2.05) is 0 Å². The van der Waals surface area contributed by atoms with E-state index >= 15 is 0 Å². The van der Waals surface area contributed by atoms with Crippen LogP contribution < -0.4 is 0 Å². The van der Waals surface area contributed by atoms with Gasteiger partial charge in [-0.25, -0.2) is 0 Å². The van der Waals surface area contributed by atoms with Crippen molar-refractivity contribution >= 4 is 5.78 Å². The van der Waals surface area contributed by atoms with Crippen LogP contribution in [0.15, 0.2) is 11.1 Å². The molecule has 0 aliphatic heterocycles. The highest BCUT2D eigenvalue weighted by molar-refractivity contribution is 5.78. The number of ketones is 1. The Morgan fingerprint density at radius 1 is 1.15 bits per heavy atom. The predicted octanol–water partition coefficient (Wildman–Crippen LogP) is 3.25. The Hall–Kier alpha value is -0.590. The molecule has 0 amide bonds. The van der Waals surface area contributed by atoms with Crippen LogP contribution in [0, 0.1) is 5.92 Å². The predicted molar refractivity (Wildman–Crippen MR) is 53.5 cm³/mol. The molecule has 0 saturated heterocycles. The fourth-order valence-corrected chi connectivity index (χ4v) is 2.67. The van der Waals surface area contributed by atoms with E-state index in [0.29, 0.717) is 11.7 Å². The lowest BCUT2D eigenvalue weighted by molar-refractivity contribution is -0.121. The zero-order chi connectivity index (χ0) is 9.26. The average molecular weight is 178 g/mol. The minimum absolute atomic E-state index is 0.358. The molecule has 0 radical (unpaired) electrons. The van der Waals surface area contributed by atoms with Gasteiger partial charge in [0.2, 0.25) is 0 Å². The summed E-state index contributed by atoms with van der Waals surface area (Å²) in [5.74, 6) is 0.758. The molecule has 1 heteroatoms. The number of hydrogen-bond acceptors (Lipinski definition) is 1. The van der Waals surface area contributed by atoms with Crippen LogP contribution in [0.5, 0.6) is 0 Å². The van der Waals surface area contributed by atoms with Gasteiger partial charge in [-0.3, -0.25) is 4.79 Å². The highest BCUT2D eigenvalue weighted by atomic mass is 16.1. The first-order chi connectivity index (χ1) is 6.27. The largest absolute Gasteiger partial charge is 0.300 e. The summed E-state index contributed by atoms with van der Waals surface area (Å²) in [6, 6.07) is 0. The molecule has 1 unspecified atom stereocenters. The first-order valence-electron chi connectivity index (χ1n) is 5.47. The molecule has 1 nitrogen and oxygen atoms in total. The van der Waals surface area contributed by atoms with E-state index in [2.05, 4.69) is 0 Å². The van der Waals surface area contributed by atoms with E-state index in [-0.39, 0.29) is 0 Å². The third-order valence-electron chi connectivity index (χ3n) is 3.57. The Kier molecular flexibility index (Phi) is 2.52. The summed E-state index contributed by atoms with van der Waals surface area (Å²) in [6.45, 7) is 1.75. The van der Waals surface area contributed by atoms with Gasteiger partial charge in [0.1, 0.15) is 5.78 Å². The normalized spacial score (nSPS) is 28.5. The summed E-state index contributed by atoms with van der Waals surface area (Å²) in [5, 5.41) is 0. The first-order valence-corrected chi connectivity index (χ1v) is 5.47. The van der Waals surface area contributed by atoms with Crippen molar-refractivity contribution in [3.05, 3.63) is 11.1 Å². The zero-order valence-electron chi connectivity index (χ0n) is 8.44. The van der Waals surface area contributed by atoms with Crippen molar-refractivity contribution in [1.29, 1.82) is 0 Å². The van der Waals surface area contributed by atoms with E-state index in [1.165, 1.54) is 32.1 Å². The third-order valence-corrected chi connectivity index (χ3v) is 3.57. The van der Waals surface area contributed by atoms with Gasteiger partial charge in [-0.15, -0.1) is 0 Å². The van der Waals surface area contributed by atoms with Gasteiger partial charge >= 0.3 is 0 Å². The van der Waals surface area contributed by atoms with Gasteiger partial charge < -0.3 is 0 Å². The summed E-state index contributed by atoms with van der Waals surface area (Å²) in [6.07, 6.45) is 8.74. The SMILES string of the molecule is CC(=O)C1CCC2=C(CCCC2)C1. The molecule has 0 heterocycles. The van der Waals surface area contributed by atoms with E-state index in [9.17, 15) is 4.79 Å². The molecule has 0 aromatic carbocycles. The van der Waals surface area contributed by atoms with Gasteiger partial charge in [0.05, 0.1) is 0 Å². The Morgan fingerprint density at radius 2 is 1.85 bits per heavy atom. The maximum absolute atomic E-state index is 11.3. The van der Waals surface area contributed by atoms with Crippen LogP contribution in [-0.4, -0.2) is 5.78 Å². The number of rotatable bonds is 1. The van der Waals surface area contributed by atoms with Crippen molar-refractivity contribution in [2.45, 2.75) is 51.9 Å². The molecular weight excluding hydrogens is 160 g/mol. The lowest BCUT2D eigenvalue weighted by Crippen LogP contribution is -2.18. The molecule has 13 heavy (non-hydrogen) atoms. The Balaban J connectivity index is 2.09. The summed E-state index contributed by atoms with van der Waals surface area (Å²) in [5.41, 5.74) is 3.33. The first kappa shape index (κ1) is 8.98. The Bertz CT molecular complexity index is 250. The lowest BCUT2D eigenvalue weighted by atomic mass is 9.76. The maximum atomic E-state index is 11.3. The van der Waals surface area contributed by atoms with Crippen molar-refractivity contribution in [2.24, 2.45) is 5.92 Å². The van der Waals surface area contributed by atoms with Gasteiger partial charge in [-0.05, 0) is 51.9 Å². The molecule has 1 atom stereocenters. The second-order valence-corrected chi connectivity index (χ2v) is 4.46. The smallest absolute Gasteiger partial charge is 0.133 e. The van der Waals surface area contributed by atoms with Crippen molar-refractivity contribution < 1.29 is 4.79 Å². The molecule has 0 bridgehead atoms. The van der Waals surface area contributed by atoms with E-state index in [0.717, 1.165) is 12.8 Å². The molecule has 2 aliphatic carbocycles. The van der Waals surface area contributed by atoms with E-state index in [4.69, 9.17) is 0 Å². The monoisotopic (exact) mass is 178 g/mol. The number of carbonyl (C=O) groups is 1. The van der Waals surface area contributed by atoms with E-state index in [1.54, 1.807) is 18.1 Å². The fourth-order valence-electron chi connectivity index (χ4n) is 2.67. The van der Waals surface area contributed by atoms with Crippen LogP contribution in [0.1, 0.15) is 51.9 Å². The van der Waals surface area contributed by atoms with Gasteiger partial charge in [0.15, 0.2) is 0 Å². The summed E-state index contributed by atoms with van der Waals surface area (Å²) in [7, 11) is 0. The van der Waals surface area contributed by atoms with Crippen LogP contribution >= 0.6 is 0 Å². The zero-order valence-corrected chi connectivity index (χ0v) is 8.44. The van der Waals surface area contributed by atoms with Gasteiger partial charge in [-0.2, -0.15) is 0 Å². The standard InChI is InChI=1S/C12H18O/c1-9(13)11-7-6-10-4-2-3-5-12(10)8-11/h11H,2-8H2,1H3. The quantitative estimate of drug-likeness (QED) is 0.563. The molecule has 0 N–H and O–H groups in total. The van der Waals surface area contributed by atoms with Crippen LogP contribution in [-0.2, 0) is 4.79 Å².